The largest absolute Gasteiger partial charge is 0.480 e. The van der Waals surface area contributed by atoms with Crippen molar-refractivity contribution in [3.8, 4) is 0 Å². The predicted octanol–water partition coefficient (Wildman–Crippen LogP) is 6.47. The molecule has 3 aromatic rings. The van der Waals surface area contributed by atoms with Gasteiger partial charge in [0.1, 0.15) is 29.3 Å². The van der Waals surface area contributed by atoms with Gasteiger partial charge in [-0.2, -0.15) is 0 Å². The van der Waals surface area contributed by atoms with Crippen LogP contribution in [-0.4, -0.2) is 39.8 Å². The van der Waals surface area contributed by atoms with Crippen LogP contribution in [0.5, 0.6) is 0 Å². The topological polar surface area (TPSA) is 81.1 Å². The fourth-order valence-electron chi connectivity index (χ4n) is 4.40. The fourth-order valence-corrected chi connectivity index (χ4v) is 4.40. The lowest BCUT2D eigenvalue weighted by Crippen LogP contribution is -2.46. The molecule has 0 fully saturated rings. The van der Waals surface area contributed by atoms with Crippen LogP contribution >= 0.6 is 0 Å². The smallest absolute Gasteiger partial charge is 0.408 e. The summed E-state index contributed by atoms with van der Waals surface area (Å²) in [6, 6.07) is 11.9. The van der Waals surface area contributed by atoms with E-state index < -0.39 is 41.4 Å². The zero-order valence-corrected chi connectivity index (χ0v) is 21.6. The van der Waals surface area contributed by atoms with Crippen molar-refractivity contribution >= 4 is 17.7 Å². The maximum atomic E-state index is 13.8. The van der Waals surface area contributed by atoms with E-state index in [0.29, 0.717) is 16.8 Å². The Bertz CT molecular complexity index is 1210. The lowest BCUT2D eigenvalue weighted by molar-refractivity contribution is -0.143. The summed E-state index contributed by atoms with van der Waals surface area (Å²) in [7, 11) is 0. The highest BCUT2D eigenvalue weighted by atomic mass is 19.1. The molecule has 0 bridgehead atoms. The lowest BCUT2D eigenvalue weighted by Gasteiger charge is -2.28. The van der Waals surface area contributed by atoms with E-state index in [2.05, 4.69) is 0 Å². The average Bonchev–Trinajstić information content (AvgIpc) is 2.81. The molecule has 0 saturated heterocycles. The van der Waals surface area contributed by atoms with Gasteiger partial charge in [-0.25, -0.2) is 27.2 Å². The summed E-state index contributed by atoms with van der Waals surface area (Å²) in [5, 5.41) is 19.2. The van der Waals surface area contributed by atoms with Crippen molar-refractivity contribution in [2.24, 2.45) is 5.92 Å². The van der Waals surface area contributed by atoms with Crippen molar-refractivity contribution in [2.45, 2.75) is 45.8 Å². The third kappa shape index (κ3) is 8.73. The van der Waals surface area contributed by atoms with E-state index in [4.69, 9.17) is 0 Å². The molecule has 0 radical (unpaired) electrons. The molecule has 0 heterocycles. The van der Waals surface area contributed by atoms with Crippen LogP contribution < -0.4 is 4.90 Å². The maximum Gasteiger partial charge on any atom is 0.408 e. The molecular weight excluding hydrogens is 516 g/mol. The number of carboxylic acids is 1. The van der Waals surface area contributed by atoms with Crippen LogP contribution in [0.15, 0.2) is 60.7 Å². The van der Waals surface area contributed by atoms with E-state index in [-0.39, 0.29) is 38.4 Å². The van der Waals surface area contributed by atoms with Gasteiger partial charge in [-0.1, -0.05) is 26.0 Å². The number of aliphatic carboxylic acids is 1. The summed E-state index contributed by atoms with van der Waals surface area (Å²) in [6.45, 7) is 3.67. The molecule has 0 aromatic heterocycles. The molecule has 0 aliphatic rings. The summed E-state index contributed by atoms with van der Waals surface area (Å²) in [5.41, 5.74) is 1.95. The second-order valence-electron chi connectivity index (χ2n) is 9.79. The number of nitrogens with zero attached hydrogens (tertiary/aromatic N) is 2. The summed E-state index contributed by atoms with van der Waals surface area (Å²) in [6.07, 6.45) is -0.897. The van der Waals surface area contributed by atoms with Crippen LogP contribution in [0.3, 0.4) is 0 Å². The Hall–Kier alpha value is -4.08. The molecule has 1 amide bonds. The Balaban J connectivity index is 1.82. The number of carboxylic acid groups (broad SMARTS) is 2. The van der Waals surface area contributed by atoms with Gasteiger partial charge in [0.2, 0.25) is 0 Å². The highest BCUT2D eigenvalue weighted by Gasteiger charge is 2.30. The second-order valence-corrected chi connectivity index (χ2v) is 9.79. The van der Waals surface area contributed by atoms with Gasteiger partial charge in [-0.15, -0.1) is 0 Å². The molecule has 10 heteroatoms. The highest BCUT2D eigenvalue weighted by Crippen LogP contribution is 2.23. The number of anilines is 1. The number of amides is 1. The Morgan fingerprint density at radius 1 is 0.744 bits per heavy atom. The van der Waals surface area contributed by atoms with Crippen LogP contribution in [0.25, 0.3) is 0 Å². The number of halogens is 4. The van der Waals surface area contributed by atoms with Gasteiger partial charge in [-0.05, 0) is 71.8 Å². The standard InChI is InChI=1S/C29H30F4N2O4/c1-18(2)9-27(28(36)37)35(29(38)39)8-7-19-3-5-26(6-4-19)34(16-20-10-22(30)14-23(31)11-20)17-21-12-24(32)15-25(33)13-21/h3-6,10-15,18,27H,7-9,16-17H2,1-2H3,(H,36,37)(H,38,39). The van der Waals surface area contributed by atoms with E-state index in [1.807, 2.05) is 13.8 Å². The van der Waals surface area contributed by atoms with Gasteiger partial charge in [0.05, 0.1) is 0 Å². The molecule has 3 aromatic carbocycles. The van der Waals surface area contributed by atoms with Crippen LogP contribution in [0.2, 0.25) is 0 Å². The average molecular weight is 547 g/mol. The van der Waals surface area contributed by atoms with Crippen molar-refractivity contribution in [3.05, 3.63) is 101 Å². The van der Waals surface area contributed by atoms with Crippen molar-refractivity contribution < 1.29 is 37.4 Å². The first-order valence-electron chi connectivity index (χ1n) is 12.4. The molecule has 0 saturated carbocycles. The van der Waals surface area contributed by atoms with E-state index >= 15 is 0 Å². The van der Waals surface area contributed by atoms with E-state index in [0.717, 1.165) is 22.6 Å². The zero-order valence-electron chi connectivity index (χ0n) is 21.6. The first-order chi connectivity index (χ1) is 18.4. The third-order valence-corrected chi connectivity index (χ3v) is 6.14. The lowest BCUT2D eigenvalue weighted by atomic mass is 10.0. The number of benzene rings is 3. The summed E-state index contributed by atoms with van der Waals surface area (Å²) < 4.78 is 55.2. The van der Waals surface area contributed by atoms with Crippen molar-refractivity contribution in [1.29, 1.82) is 0 Å². The van der Waals surface area contributed by atoms with Gasteiger partial charge < -0.3 is 15.1 Å². The van der Waals surface area contributed by atoms with Gasteiger partial charge in [-0.3, -0.25) is 4.90 Å². The van der Waals surface area contributed by atoms with Crippen molar-refractivity contribution in [3.63, 3.8) is 0 Å². The maximum absolute atomic E-state index is 13.8. The van der Waals surface area contributed by atoms with Crippen LogP contribution in [-0.2, 0) is 24.3 Å². The number of carbonyl (C=O) groups is 2. The molecule has 0 spiro atoms. The van der Waals surface area contributed by atoms with Gasteiger partial charge in [0.15, 0.2) is 0 Å². The molecule has 1 atom stereocenters. The molecule has 1 unspecified atom stereocenters. The van der Waals surface area contributed by atoms with E-state index in [1.54, 1.807) is 29.2 Å². The first kappa shape index (κ1) is 29.5. The van der Waals surface area contributed by atoms with Crippen molar-refractivity contribution in [1.82, 2.24) is 4.90 Å². The normalized spacial score (nSPS) is 11.9. The van der Waals surface area contributed by atoms with Crippen LogP contribution in [0.4, 0.5) is 28.0 Å². The number of hydrogen-bond donors (Lipinski definition) is 2. The molecule has 208 valence electrons. The minimum atomic E-state index is -1.32. The minimum Gasteiger partial charge on any atom is -0.480 e. The fraction of sp³-hybridized carbons (Fsp3) is 0.310. The first-order valence-corrected chi connectivity index (χ1v) is 12.4. The Morgan fingerprint density at radius 2 is 1.21 bits per heavy atom. The highest BCUT2D eigenvalue weighted by molar-refractivity contribution is 5.79. The minimum absolute atomic E-state index is 0.0173. The van der Waals surface area contributed by atoms with E-state index in [9.17, 15) is 37.4 Å². The monoisotopic (exact) mass is 546 g/mol. The van der Waals surface area contributed by atoms with Gasteiger partial charge >= 0.3 is 12.1 Å². The Labute approximate surface area is 224 Å². The van der Waals surface area contributed by atoms with Crippen molar-refractivity contribution in [2.75, 3.05) is 11.4 Å². The zero-order chi connectivity index (χ0) is 28.7. The molecule has 3 rings (SSSR count). The Morgan fingerprint density at radius 3 is 1.59 bits per heavy atom. The summed E-state index contributed by atoms with van der Waals surface area (Å²) in [4.78, 5) is 26.1. The van der Waals surface area contributed by atoms with Gasteiger partial charge in [0, 0.05) is 37.5 Å². The summed E-state index contributed by atoms with van der Waals surface area (Å²) in [5.74, 6) is -4.24. The SMILES string of the molecule is CC(C)CC(C(=O)O)N(CCc1ccc(N(Cc2cc(F)cc(F)c2)Cc2cc(F)cc(F)c2)cc1)C(=O)O. The molecular formula is C29H30F4N2O4. The van der Waals surface area contributed by atoms with Crippen LogP contribution in [0.1, 0.15) is 37.0 Å². The summed E-state index contributed by atoms with van der Waals surface area (Å²) >= 11 is 0. The Kier molecular flexibility index (Phi) is 9.92. The quantitative estimate of drug-likeness (QED) is 0.255. The molecule has 0 aliphatic heterocycles. The van der Waals surface area contributed by atoms with Gasteiger partial charge in [0.25, 0.3) is 0 Å². The molecule has 2 N–H and O–H groups in total. The van der Waals surface area contributed by atoms with E-state index in [1.165, 1.54) is 24.3 Å². The molecule has 0 aliphatic carbocycles. The third-order valence-electron chi connectivity index (χ3n) is 6.14. The molecule has 6 nitrogen and oxygen atoms in total. The predicted molar refractivity (Wildman–Crippen MR) is 138 cm³/mol. The second kappa shape index (κ2) is 13.1. The number of hydrogen-bond acceptors (Lipinski definition) is 3. The molecule has 39 heavy (non-hydrogen) atoms. The van der Waals surface area contributed by atoms with Crippen LogP contribution in [0, 0.1) is 29.2 Å². The number of rotatable bonds is 12.